The topological polar surface area (TPSA) is 43.2 Å². The summed E-state index contributed by atoms with van der Waals surface area (Å²) < 4.78 is 0. The molecule has 1 aromatic carbocycles. The number of anilines is 1. The van der Waals surface area contributed by atoms with E-state index >= 15 is 0 Å². The lowest BCUT2D eigenvalue weighted by Crippen LogP contribution is -2.46. The van der Waals surface area contributed by atoms with E-state index in [9.17, 15) is 0 Å². The summed E-state index contributed by atoms with van der Waals surface area (Å²) in [6.07, 6.45) is 4.10. The van der Waals surface area contributed by atoms with Crippen molar-refractivity contribution < 1.29 is 0 Å². The second kappa shape index (κ2) is 8.61. The van der Waals surface area contributed by atoms with Crippen molar-refractivity contribution in [3.05, 3.63) is 47.7 Å². The van der Waals surface area contributed by atoms with Gasteiger partial charge in [-0.05, 0) is 36.8 Å². The maximum Gasteiger partial charge on any atom is 0.114 e. The van der Waals surface area contributed by atoms with Gasteiger partial charge in [-0.3, -0.25) is 4.90 Å². The molecule has 0 unspecified atom stereocenters. The molecule has 1 fully saturated rings. The first kappa shape index (κ1) is 18.1. The van der Waals surface area contributed by atoms with Crippen molar-refractivity contribution in [3.63, 3.8) is 0 Å². The van der Waals surface area contributed by atoms with E-state index in [0.717, 1.165) is 43.4 Å². The number of aromatic nitrogens is 1. The number of hydrogen-bond donors (Lipinski definition) is 0. The van der Waals surface area contributed by atoms with Crippen LogP contribution in [-0.2, 0) is 6.54 Å². The van der Waals surface area contributed by atoms with Crippen molar-refractivity contribution >= 4 is 29.2 Å². The predicted molar refractivity (Wildman–Crippen MR) is 106 cm³/mol. The minimum absolute atomic E-state index is 0.662. The molecule has 0 bridgehead atoms. The first-order valence-corrected chi connectivity index (χ1v) is 10.7. The van der Waals surface area contributed by atoms with Gasteiger partial charge in [0.05, 0.1) is 16.9 Å². The third-order valence-corrected chi connectivity index (χ3v) is 5.90. The molecule has 0 aliphatic carbocycles. The van der Waals surface area contributed by atoms with Gasteiger partial charge in [-0.2, -0.15) is 5.26 Å². The van der Waals surface area contributed by atoms with Crippen molar-refractivity contribution in [2.75, 3.05) is 43.6 Å². The van der Waals surface area contributed by atoms with Crippen molar-refractivity contribution in [2.45, 2.75) is 16.5 Å². The Morgan fingerprint density at radius 3 is 2.48 bits per heavy atom. The predicted octanol–water partition coefficient (Wildman–Crippen LogP) is 3.72. The maximum atomic E-state index is 9.12. The van der Waals surface area contributed by atoms with Crippen molar-refractivity contribution in [2.24, 2.45) is 0 Å². The first-order chi connectivity index (χ1) is 12.2. The number of para-hydroxylation sites is 1. The van der Waals surface area contributed by atoms with Gasteiger partial charge in [-0.15, -0.1) is 23.5 Å². The largest absolute Gasteiger partial charge is 0.368 e. The van der Waals surface area contributed by atoms with Gasteiger partial charge in [0, 0.05) is 37.6 Å². The molecule has 0 radical (unpaired) electrons. The molecule has 2 heterocycles. The Morgan fingerprint density at radius 1 is 1.04 bits per heavy atom. The molecule has 0 saturated carbocycles. The second-order valence-corrected chi connectivity index (χ2v) is 7.55. The minimum Gasteiger partial charge on any atom is -0.368 e. The Kier molecular flexibility index (Phi) is 6.24. The van der Waals surface area contributed by atoms with Crippen LogP contribution in [0.4, 0.5) is 5.69 Å². The highest BCUT2D eigenvalue weighted by Gasteiger charge is 2.19. The highest BCUT2D eigenvalue weighted by Crippen LogP contribution is 2.29. The number of piperazine rings is 1. The SMILES string of the molecule is CSc1ccccc1N1CCN(Cc2ccc(C#N)c(SC)n2)CC1. The summed E-state index contributed by atoms with van der Waals surface area (Å²) in [4.78, 5) is 10.9. The number of rotatable bonds is 5. The van der Waals surface area contributed by atoms with E-state index in [-0.39, 0.29) is 0 Å². The van der Waals surface area contributed by atoms with Crippen LogP contribution in [0.15, 0.2) is 46.3 Å². The Balaban J connectivity index is 1.62. The Hall–Kier alpha value is -1.68. The number of thioether (sulfide) groups is 2. The molecule has 0 spiro atoms. The molecule has 130 valence electrons. The van der Waals surface area contributed by atoms with Crippen LogP contribution in [0.2, 0.25) is 0 Å². The monoisotopic (exact) mass is 370 g/mol. The summed E-state index contributed by atoms with van der Waals surface area (Å²) in [5.41, 5.74) is 3.05. The van der Waals surface area contributed by atoms with Gasteiger partial charge < -0.3 is 4.90 Å². The van der Waals surface area contributed by atoms with Crippen LogP contribution in [0.1, 0.15) is 11.3 Å². The van der Waals surface area contributed by atoms with Gasteiger partial charge in [-0.25, -0.2) is 4.98 Å². The molecular weight excluding hydrogens is 348 g/mol. The summed E-state index contributed by atoms with van der Waals surface area (Å²) in [6, 6.07) is 14.7. The molecule has 0 atom stereocenters. The molecule has 2 aromatic rings. The van der Waals surface area contributed by atoms with Crippen LogP contribution < -0.4 is 4.90 Å². The van der Waals surface area contributed by atoms with E-state index in [1.807, 2.05) is 18.4 Å². The Labute approximate surface area is 158 Å². The number of hydrogen-bond acceptors (Lipinski definition) is 6. The normalized spacial score (nSPS) is 15.2. The van der Waals surface area contributed by atoms with Gasteiger partial charge in [0.15, 0.2) is 0 Å². The molecule has 1 aliphatic heterocycles. The Bertz CT molecular complexity index is 764. The summed E-state index contributed by atoms with van der Waals surface area (Å²) in [6.45, 7) is 4.96. The summed E-state index contributed by atoms with van der Waals surface area (Å²) in [5, 5.41) is 9.95. The van der Waals surface area contributed by atoms with Crippen molar-refractivity contribution in [1.82, 2.24) is 9.88 Å². The molecule has 0 amide bonds. The molecule has 1 saturated heterocycles. The second-order valence-electron chi connectivity index (χ2n) is 5.91. The lowest BCUT2D eigenvalue weighted by molar-refractivity contribution is 0.246. The summed E-state index contributed by atoms with van der Waals surface area (Å²) in [5.74, 6) is 0. The van der Waals surface area contributed by atoms with Crippen molar-refractivity contribution in [1.29, 1.82) is 5.26 Å². The number of nitriles is 1. The van der Waals surface area contributed by atoms with Crippen LogP contribution >= 0.6 is 23.5 Å². The van der Waals surface area contributed by atoms with Gasteiger partial charge >= 0.3 is 0 Å². The van der Waals surface area contributed by atoms with Gasteiger partial charge in [-0.1, -0.05) is 12.1 Å². The van der Waals surface area contributed by atoms with E-state index < -0.39 is 0 Å². The molecule has 6 heteroatoms. The average Bonchev–Trinajstić information content (AvgIpc) is 2.68. The van der Waals surface area contributed by atoms with E-state index in [1.54, 1.807) is 11.8 Å². The molecule has 25 heavy (non-hydrogen) atoms. The van der Waals surface area contributed by atoms with Gasteiger partial charge in [0.1, 0.15) is 11.1 Å². The standard InChI is InChI=1S/C19H22N4S2/c1-24-18-6-4-3-5-17(18)23-11-9-22(10-12-23)14-16-8-7-15(13-20)19(21-16)25-2/h3-8H,9-12,14H2,1-2H3. The first-order valence-electron chi connectivity index (χ1n) is 8.29. The fourth-order valence-corrected chi connectivity index (χ4v) is 4.24. The average molecular weight is 371 g/mol. The maximum absolute atomic E-state index is 9.12. The molecule has 3 rings (SSSR count). The third-order valence-electron chi connectivity index (χ3n) is 4.42. The smallest absolute Gasteiger partial charge is 0.114 e. The van der Waals surface area contributed by atoms with Gasteiger partial charge in [0.2, 0.25) is 0 Å². The third kappa shape index (κ3) is 4.30. The van der Waals surface area contributed by atoms with E-state index in [4.69, 9.17) is 5.26 Å². The lowest BCUT2D eigenvalue weighted by Gasteiger charge is -2.36. The van der Waals surface area contributed by atoms with E-state index in [1.165, 1.54) is 22.3 Å². The zero-order valence-corrected chi connectivity index (χ0v) is 16.2. The summed E-state index contributed by atoms with van der Waals surface area (Å²) in [7, 11) is 0. The number of benzene rings is 1. The zero-order chi connectivity index (χ0) is 17.6. The fraction of sp³-hybridized carbons (Fsp3) is 0.368. The van der Waals surface area contributed by atoms with Crippen LogP contribution in [0.25, 0.3) is 0 Å². The number of nitrogens with zero attached hydrogens (tertiary/aromatic N) is 4. The molecule has 0 N–H and O–H groups in total. The minimum atomic E-state index is 0.662. The zero-order valence-electron chi connectivity index (χ0n) is 14.6. The quantitative estimate of drug-likeness (QED) is 0.748. The lowest BCUT2D eigenvalue weighted by atomic mass is 10.2. The molecule has 1 aliphatic rings. The molecule has 1 aromatic heterocycles. The highest BCUT2D eigenvalue weighted by molar-refractivity contribution is 7.98. The van der Waals surface area contributed by atoms with Crippen LogP contribution in [0.3, 0.4) is 0 Å². The van der Waals surface area contributed by atoms with Crippen LogP contribution in [0.5, 0.6) is 0 Å². The van der Waals surface area contributed by atoms with Crippen LogP contribution in [0, 0.1) is 11.3 Å². The summed E-state index contributed by atoms with van der Waals surface area (Å²) >= 11 is 3.34. The van der Waals surface area contributed by atoms with E-state index in [2.05, 4.69) is 51.4 Å². The molecule has 4 nitrogen and oxygen atoms in total. The highest BCUT2D eigenvalue weighted by atomic mass is 32.2. The fourth-order valence-electron chi connectivity index (χ4n) is 3.07. The number of pyridine rings is 1. The van der Waals surface area contributed by atoms with Crippen molar-refractivity contribution in [3.8, 4) is 6.07 Å². The van der Waals surface area contributed by atoms with Crippen LogP contribution in [-0.4, -0.2) is 48.6 Å². The van der Waals surface area contributed by atoms with Gasteiger partial charge in [0.25, 0.3) is 0 Å². The molecular formula is C19H22N4S2. The van der Waals surface area contributed by atoms with E-state index in [0.29, 0.717) is 5.56 Å². The Morgan fingerprint density at radius 2 is 1.80 bits per heavy atom.